The quantitative estimate of drug-likeness (QED) is 0.164. The number of hydrogen-bond donors (Lipinski definition) is 6. The van der Waals surface area contributed by atoms with Gasteiger partial charge in [-0.1, -0.05) is 0 Å². The number of nitrogen functional groups attached to an aromatic ring is 1. The molecule has 17 nitrogen and oxygen atoms in total. The van der Waals surface area contributed by atoms with Gasteiger partial charge in [0.05, 0.1) is 23.2 Å². The van der Waals surface area contributed by atoms with Crippen molar-refractivity contribution in [2.75, 3.05) is 12.3 Å². The summed E-state index contributed by atoms with van der Waals surface area (Å²) in [5.41, 5.74) is 5.28. The molecule has 0 aromatic carbocycles. The van der Waals surface area contributed by atoms with Gasteiger partial charge in [0, 0.05) is 17.5 Å². The SMILES string of the molecule is Nc1nc(=O)n([C@H]2C[C@H](O)[C@@H](COP(=O)(O)OP(=O)(O)OP(=O)(O)O)O2)cc1-c1ccc(C=O)s1. The van der Waals surface area contributed by atoms with Crippen LogP contribution in [0.25, 0.3) is 10.4 Å². The Balaban J connectivity index is 1.72. The van der Waals surface area contributed by atoms with Gasteiger partial charge in [0.2, 0.25) is 0 Å². The standard InChI is InChI=1S/C14H18N3O14P3S/c15-13-8(11-2-1-7(5-18)35-11)4-17(14(20)16-13)12-3-9(19)10(29-12)6-28-33(24,25)31-34(26,27)30-32(21,22)23/h1-2,4-5,9-10,12,19H,3,6H2,(H,24,25)(H,26,27)(H2,15,16,20)(H2,21,22,23)/t9-,10+,12+/m0/s1. The van der Waals surface area contributed by atoms with Crippen LogP contribution < -0.4 is 11.4 Å². The van der Waals surface area contributed by atoms with E-state index in [0.717, 1.165) is 15.9 Å². The molecule has 1 fully saturated rings. The fourth-order valence-electron chi connectivity index (χ4n) is 2.95. The number of aliphatic hydroxyl groups is 1. The first-order valence-electron chi connectivity index (χ1n) is 9.15. The molecule has 0 bridgehead atoms. The molecule has 7 N–H and O–H groups in total. The van der Waals surface area contributed by atoms with Crippen molar-refractivity contribution in [1.29, 1.82) is 0 Å². The third-order valence-electron chi connectivity index (χ3n) is 4.32. The lowest BCUT2D eigenvalue weighted by Crippen LogP contribution is -2.29. The lowest BCUT2D eigenvalue weighted by molar-refractivity contribution is -0.0449. The van der Waals surface area contributed by atoms with Crippen LogP contribution in [0.3, 0.4) is 0 Å². The number of phosphoric ester groups is 1. The second-order valence-electron chi connectivity index (χ2n) is 6.87. The van der Waals surface area contributed by atoms with Gasteiger partial charge in [-0.2, -0.15) is 13.6 Å². The number of nitrogens with zero attached hydrogens (tertiary/aromatic N) is 2. The van der Waals surface area contributed by atoms with E-state index in [-0.39, 0.29) is 12.2 Å². The highest BCUT2D eigenvalue weighted by atomic mass is 32.1. The molecular formula is C14H18N3O14P3S. The smallest absolute Gasteiger partial charge is 0.390 e. The van der Waals surface area contributed by atoms with Crippen LogP contribution in [0.2, 0.25) is 0 Å². The van der Waals surface area contributed by atoms with Crippen molar-refractivity contribution in [2.24, 2.45) is 0 Å². The van der Waals surface area contributed by atoms with Gasteiger partial charge in [-0.15, -0.1) is 11.3 Å². The van der Waals surface area contributed by atoms with E-state index < -0.39 is 54.2 Å². The number of aliphatic hydroxyl groups excluding tert-OH is 1. The molecule has 21 heteroatoms. The number of aromatic nitrogens is 2. The molecule has 5 atom stereocenters. The zero-order valence-corrected chi connectivity index (χ0v) is 20.6. The second kappa shape index (κ2) is 10.4. The molecule has 0 aliphatic carbocycles. The minimum Gasteiger partial charge on any atom is -0.390 e. The third kappa shape index (κ3) is 7.44. The zero-order valence-electron chi connectivity index (χ0n) is 17.1. The third-order valence-corrected chi connectivity index (χ3v) is 9.17. The number of aldehydes is 1. The Bertz CT molecular complexity index is 1310. The molecule has 0 radical (unpaired) electrons. The predicted molar refractivity (Wildman–Crippen MR) is 116 cm³/mol. The molecule has 2 unspecified atom stereocenters. The van der Waals surface area contributed by atoms with Crippen molar-refractivity contribution in [3.63, 3.8) is 0 Å². The predicted octanol–water partition coefficient (Wildman–Crippen LogP) is 0.358. The van der Waals surface area contributed by atoms with E-state index in [4.69, 9.17) is 25.2 Å². The Labute approximate surface area is 199 Å². The lowest BCUT2D eigenvalue weighted by atomic mass is 10.2. The highest BCUT2D eigenvalue weighted by Gasteiger charge is 2.43. The van der Waals surface area contributed by atoms with Crippen molar-refractivity contribution < 1.29 is 61.1 Å². The van der Waals surface area contributed by atoms with E-state index in [1.165, 1.54) is 12.3 Å². The molecule has 1 aliphatic rings. The number of rotatable bonds is 10. The maximum absolute atomic E-state index is 12.4. The average Bonchev–Trinajstić information content (AvgIpc) is 3.30. The van der Waals surface area contributed by atoms with Gasteiger partial charge >= 0.3 is 29.2 Å². The van der Waals surface area contributed by atoms with Crippen LogP contribution in [-0.2, 0) is 31.6 Å². The molecule has 0 spiro atoms. The normalized spacial score (nSPS) is 24.1. The molecule has 3 heterocycles. The molecule has 0 amide bonds. The molecule has 0 saturated carbocycles. The number of hydrogen-bond acceptors (Lipinski definition) is 13. The minimum absolute atomic E-state index is 0.117. The van der Waals surface area contributed by atoms with Gasteiger partial charge in [-0.25, -0.2) is 18.5 Å². The first kappa shape index (κ1) is 28.0. The van der Waals surface area contributed by atoms with Gasteiger partial charge in [0.1, 0.15) is 18.1 Å². The van der Waals surface area contributed by atoms with E-state index >= 15 is 0 Å². The van der Waals surface area contributed by atoms with Crippen LogP contribution in [0, 0.1) is 0 Å². The zero-order chi connectivity index (χ0) is 26.2. The van der Waals surface area contributed by atoms with Gasteiger partial charge in [0.25, 0.3) is 0 Å². The lowest BCUT2D eigenvalue weighted by Gasteiger charge is -2.19. The van der Waals surface area contributed by atoms with Gasteiger partial charge in [-0.05, 0) is 12.1 Å². The summed E-state index contributed by atoms with van der Waals surface area (Å²) in [7, 11) is -16.7. The van der Waals surface area contributed by atoms with Crippen LogP contribution >= 0.6 is 34.8 Å². The Kier molecular flexibility index (Phi) is 8.30. The van der Waals surface area contributed by atoms with Gasteiger partial charge < -0.3 is 35.2 Å². The molecule has 1 aliphatic heterocycles. The van der Waals surface area contributed by atoms with E-state index in [1.54, 1.807) is 6.07 Å². The summed E-state index contributed by atoms with van der Waals surface area (Å²) in [5.74, 6) is -0.117. The molecule has 194 valence electrons. The summed E-state index contributed by atoms with van der Waals surface area (Å²) in [4.78, 5) is 63.7. The number of nitrogens with two attached hydrogens (primary N) is 1. The molecular weight excluding hydrogens is 559 g/mol. The summed E-state index contributed by atoms with van der Waals surface area (Å²) in [5, 5.41) is 10.2. The molecule has 3 rings (SSSR count). The van der Waals surface area contributed by atoms with Crippen molar-refractivity contribution in [3.8, 4) is 10.4 Å². The first-order valence-corrected chi connectivity index (χ1v) is 14.5. The largest absolute Gasteiger partial charge is 0.490 e. The Morgan fingerprint density at radius 2 is 1.89 bits per heavy atom. The first-order chi connectivity index (χ1) is 16.1. The van der Waals surface area contributed by atoms with Crippen LogP contribution in [0.4, 0.5) is 5.82 Å². The fourth-order valence-corrected chi connectivity index (χ4v) is 6.82. The van der Waals surface area contributed by atoms with E-state index in [9.17, 15) is 33.3 Å². The number of phosphoric acid groups is 3. The molecule has 2 aromatic heterocycles. The Morgan fingerprint density at radius 3 is 2.49 bits per heavy atom. The average molecular weight is 577 g/mol. The van der Waals surface area contributed by atoms with Crippen LogP contribution in [0.1, 0.15) is 22.3 Å². The molecule has 1 saturated heterocycles. The van der Waals surface area contributed by atoms with Crippen LogP contribution in [-0.4, -0.2) is 59.3 Å². The van der Waals surface area contributed by atoms with Crippen LogP contribution in [0.5, 0.6) is 0 Å². The summed E-state index contributed by atoms with van der Waals surface area (Å²) in [6.45, 7) is -0.904. The van der Waals surface area contributed by atoms with Crippen molar-refractivity contribution in [1.82, 2.24) is 9.55 Å². The second-order valence-corrected chi connectivity index (χ2v) is 12.4. The van der Waals surface area contributed by atoms with E-state index in [2.05, 4.69) is 18.1 Å². The Morgan fingerprint density at radius 1 is 1.20 bits per heavy atom. The number of anilines is 1. The maximum atomic E-state index is 12.4. The van der Waals surface area contributed by atoms with Crippen molar-refractivity contribution >= 4 is 46.9 Å². The van der Waals surface area contributed by atoms with Crippen LogP contribution in [0.15, 0.2) is 23.1 Å². The van der Waals surface area contributed by atoms with E-state index in [1.807, 2.05) is 0 Å². The number of carbonyl (C=O) groups excluding carboxylic acids is 1. The molecule has 2 aromatic rings. The van der Waals surface area contributed by atoms with Crippen molar-refractivity contribution in [2.45, 2.75) is 24.9 Å². The van der Waals surface area contributed by atoms with Crippen molar-refractivity contribution in [3.05, 3.63) is 33.7 Å². The minimum atomic E-state index is -5.71. The Hall–Kier alpha value is -1.62. The summed E-state index contributed by atoms with van der Waals surface area (Å²) in [6, 6.07) is 3.13. The van der Waals surface area contributed by atoms with Gasteiger partial charge in [-0.3, -0.25) is 13.9 Å². The maximum Gasteiger partial charge on any atom is 0.490 e. The monoisotopic (exact) mass is 577 g/mol. The summed E-state index contributed by atoms with van der Waals surface area (Å²) < 4.78 is 52.0. The highest BCUT2D eigenvalue weighted by Crippen LogP contribution is 2.66. The fraction of sp³-hybridized carbons (Fsp3) is 0.357. The number of carbonyl (C=O) groups is 1. The van der Waals surface area contributed by atoms with Gasteiger partial charge in [0.15, 0.2) is 6.29 Å². The number of thiophene rings is 1. The topological polar surface area (TPSA) is 267 Å². The van der Waals surface area contributed by atoms with E-state index in [0.29, 0.717) is 21.6 Å². The number of ether oxygens (including phenoxy) is 1. The summed E-state index contributed by atoms with van der Waals surface area (Å²) in [6.07, 6.45) is -2.12. The highest BCUT2D eigenvalue weighted by molar-refractivity contribution is 7.66. The molecule has 35 heavy (non-hydrogen) atoms. The summed E-state index contributed by atoms with van der Waals surface area (Å²) >= 11 is 1.09.